The van der Waals surface area contributed by atoms with Crippen molar-refractivity contribution in [3.63, 3.8) is 0 Å². The van der Waals surface area contributed by atoms with Crippen LogP contribution in [-0.4, -0.2) is 38.6 Å². The molecule has 5 N–H and O–H groups in total. The van der Waals surface area contributed by atoms with Crippen molar-refractivity contribution in [1.82, 2.24) is 9.78 Å². The number of amides is 3. The number of hydrogen-bond acceptors (Lipinski definition) is 7. The molecule has 0 saturated carbocycles. The van der Waals surface area contributed by atoms with Gasteiger partial charge in [-0.1, -0.05) is 30.3 Å². The number of nitrogens with zero attached hydrogens (tertiary/aromatic N) is 2. The lowest BCUT2D eigenvalue weighted by Gasteiger charge is -2.20. The summed E-state index contributed by atoms with van der Waals surface area (Å²) >= 11 is 0. The molecule has 46 heavy (non-hydrogen) atoms. The molecule has 15 heteroatoms. The number of rotatable bonds is 8. The van der Waals surface area contributed by atoms with Crippen molar-refractivity contribution in [3.05, 3.63) is 107 Å². The minimum Gasteiger partial charge on any atom is -0.445 e. The number of aliphatic hydroxyl groups is 1. The third-order valence-corrected chi connectivity index (χ3v) is 6.19. The molecule has 11 nitrogen and oxygen atoms in total. The SMILES string of the molecule is CC(C)(C)OC(=O)Nc1ccc(C(O)c2ccc(F)c(NC(=O)c3cc(C(F)(F)F)nn3-c3cccc(COC(N)=O)c3)c2)cc1. The van der Waals surface area contributed by atoms with Crippen molar-refractivity contribution in [2.24, 2.45) is 5.73 Å². The quantitative estimate of drug-likeness (QED) is 0.164. The number of aromatic nitrogens is 2. The Hall–Kier alpha value is -5.44. The zero-order valence-electron chi connectivity index (χ0n) is 24.7. The second kappa shape index (κ2) is 13.3. The number of carbonyl (C=O) groups is 3. The van der Waals surface area contributed by atoms with E-state index in [1.807, 2.05) is 0 Å². The molecule has 0 saturated heterocycles. The first-order valence-electron chi connectivity index (χ1n) is 13.6. The summed E-state index contributed by atoms with van der Waals surface area (Å²) in [6.07, 6.45) is -7.96. The number of nitrogens with two attached hydrogens (primary N) is 1. The molecule has 0 fully saturated rings. The molecule has 0 bridgehead atoms. The second-order valence-corrected chi connectivity index (χ2v) is 10.9. The van der Waals surface area contributed by atoms with Crippen LogP contribution >= 0.6 is 0 Å². The monoisotopic (exact) mass is 643 g/mol. The number of aliphatic hydroxyl groups excluding tert-OH is 1. The van der Waals surface area contributed by atoms with E-state index in [-0.39, 0.29) is 17.9 Å². The maximum atomic E-state index is 14.8. The van der Waals surface area contributed by atoms with Crippen LogP contribution in [0, 0.1) is 5.82 Å². The Kier molecular flexibility index (Phi) is 9.66. The molecule has 0 aliphatic heterocycles. The Bertz CT molecular complexity index is 1750. The maximum Gasteiger partial charge on any atom is 0.435 e. The summed E-state index contributed by atoms with van der Waals surface area (Å²) in [4.78, 5) is 36.2. The summed E-state index contributed by atoms with van der Waals surface area (Å²) in [6.45, 7) is 4.85. The molecule has 242 valence electrons. The van der Waals surface area contributed by atoms with Crippen molar-refractivity contribution in [2.45, 2.75) is 45.3 Å². The lowest BCUT2D eigenvalue weighted by Crippen LogP contribution is -2.27. The van der Waals surface area contributed by atoms with Crippen LogP contribution in [0.1, 0.15) is 59.7 Å². The fraction of sp³-hybridized carbons (Fsp3) is 0.226. The van der Waals surface area contributed by atoms with Gasteiger partial charge in [0, 0.05) is 11.8 Å². The van der Waals surface area contributed by atoms with Crippen LogP contribution in [0.3, 0.4) is 0 Å². The van der Waals surface area contributed by atoms with E-state index in [1.165, 1.54) is 54.6 Å². The van der Waals surface area contributed by atoms with E-state index in [2.05, 4.69) is 15.7 Å². The molecular formula is C31H29F4N5O6. The summed E-state index contributed by atoms with van der Waals surface area (Å²) in [6, 6.07) is 15.6. The Balaban J connectivity index is 1.58. The Morgan fingerprint density at radius 1 is 0.957 bits per heavy atom. The summed E-state index contributed by atoms with van der Waals surface area (Å²) in [5.41, 5.74) is 3.12. The summed E-state index contributed by atoms with van der Waals surface area (Å²) in [7, 11) is 0. The molecule has 0 aliphatic rings. The molecule has 3 amide bonds. The van der Waals surface area contributed by atoms with Gasteiger partial charge in [-0.05, 0) is 73.9 Å². The number of benzene rings is 3. The van der Waals surface area contributed by atoms with Crippen LogP contribution in [0.25, 0.3) is 5.69 Å². The van der Waals surface area contributed by atoms with Crippen LogP contribution in [0.4, 0.5) is 38.5 Å². The average molecular weight is 644 g/mol. The molecule has 1 heterocycles. The van der Waals surface area contributed by atoms with Gasteiger partial charge in [-0.25, -0.2) is 18.7 Å². The predicted octanol–water partition coefficient (Wildman–Crippen LogP) is 6.31. The zero-order chi connectivity index (χ0) is 33.8. The molecule has 3 aromatic carbocycles. The minimum absolute atomic E-state index is 0.0143. The van der Waals surface area contributed by atoms with Gasteiger partial charge in [-0.2, -0.15) is 18.3 Å². The number of nitrogens with one attached hydrogen (secondary N) is 2. The molecule has 0 spiro atoms. The van der Waals surface area contributed by atoms with Gasteiger partial charge in [0.1, 0.15) is 29.8 Å². The highest BCUT2D eigenvalue weighted by Gasteiger charge is 2.36. The standard InChI is InChI=1S/C31H29F4N5O6/c1-30(2,3)46-29(44)37-20-10-7-18(8-11-20)26(41)19-9-12-22(32)23(14-19)38-27(42)24-15-25(31(33,34)35)39-40(24)21-6-4-5-17(13-21)16-45-28(36)43/h4-15,26,41H,16H2,1-3H3,(H2,36,43)(H,37,44)(H,38,42). The van der Waals surface area contributed by atoms with Crippen molar-refractivity contribution < 1.29 is 46.5 Å². The highest BCUT2D eigenvalue weighted by atomic mass is 19.4. The normalized spacial score (nSPS) is 12.3. The first-order valence-corrected chi connectivity index (χ1v) is 13.6. The van der Waals surface area contributed by atoms with Crippen LogP contribution in [0.15, 0.2) is 72.8 Å². The number of halogens is 4. The van der Waals surface area contributed by atoms with Crippen LogP contribution < -0.4 is 16.4 Å². The number of anilines is 2. The fourth-order valence-electron chi connectivity index (χ4n) is 4.17. The number of carbonyl (C=O) groups excluding carboxylic acids is 3. The van der Waals surface area contributed by atoms with E-state index in [1.54, 1.807) is 20.8 Å². The molecule has 1 atom stereocenters. The van der Waals surface area contributed by atoms with Gasteiger partial charge < -0.3 is 25.6 Å². The molecule has 0 aliphatic carbocycles. The molecule has 1 unspecified atom stereocenters. The van der Waals surface area contributed by atoms with Crippen LogP contribution in [0.2, 0.25) is 0 Å². The van der Waals surface area contributed by atoms with Crippen LogP contribution in [-0.2, 0) is 22.3 Å². The Labute approximate surface area is 259 Å². The van der Waals surface area contributed by atoms with Crippen molar-refractivity contribution >= 4 is 29.5 Å². The number of alkyl halides is 3. The van der Waals surface area contributed by atoms with E-state index in [0.717, 1.165) is 16.8 Å². The predicted molar refractivity (Wildman–Crippen MR) is 158 cm³/mol. The van der Waals surface area contributed by atoms with Gasteiger partial charge in [0.15, 0.2) is 5.69 Å². The second-order valence-electron chi connectivity index (χ2n) is 10.9. The van der Waals surface area contributed by atoms with Gasteiger partial charge in [0.05, 0.1) is 11.4 Å². The van der Waals surface area contributed by atoms with E-state index in [4.69, 9.17) is 15.2 Å². The van der Waals surface area contributed by atoms with E-state index >= 15 is 0 Å². The largest absolute Gasteiger partial charge is 0.445 e. The average Bonchev–Trinajstić information content (AvgIpc) is 3.43. The third kappa shape index (κ3) is 8.59. The molecular weight excluding hydrogens is 614 g/mol. The first-order chi connectivity index (χ1) is 21.5. The van der Waals surface area contributed by atoms with E-state index in [0.29, 0.717) is 22.9 Å². The highest BCUT2D eigenvalue weighted by Crippen LogP contribution is 2.31. The first kappa shape index (κ1) is 33.5. The minimum atomic E-state index is -4.92. The van der Waals surface area contributed by atoms with Crippen molar-refractivity contribution in [3.8, 4) is 5.69 Å². The molecule has 0 radical (unpaired) electrons. The third-order valence-electron chi connectivity index (χ3n) is 6.19. The maximum absolute atomic E-state index is 14.8. The van der Waals surface area contributed by atoms with Gasteiger partial charge >= 0.3 is 18.4 Å². The molecule has 4 rings (SSSR count). The number of primary amides is 1. The van der Waals surface area contributed by atoms with Gasteiger partial charge in [0.25, 0.3) is 5.91 Å². The molecule has 4 aromatic rings. The van der Waals surface area contributed by atoms with E-state index in [9.17, 15) is 37.1 Å². The topological polar surface area (TPSA) is 158 Å². The van der Waals surface area contributed by atoms with Gasteiger partial charge in [-0.15, -0.1) is 0 Å². The number of hydrogen-bond donors (Lipinski definition) is 4. The Morgan fingerprint density at radius 2 is 1.63 bits per heavy atom. The highest BCUT2D eigenvalue weighted by molar-refractivity contribution is 6.03. The van der Waals surface area contributed by atoms with Crippen LogP contribution in [0.5, 0.6) is 0 Å². The van der Waals surface area contributed by atoms with Gasteiger partial charge in [-0.3, -0.25) is 10.1 Å². The summed E-state index contributed by atoms with van der Waals surface area (Å²) < 4.78 is 66.3. The molecule has 1 aromatic heterocycles. The lowest BCUT2D eigenvalue weighted by molar-refractivity contribution is -0.141. The smallest absolute Gasteiger partial charge is 0.435 e. The number of ether oxygens (including phenoxy) is 2. The van der Waals surface area contributed by atoms with Gasteiger partial charge in [0.2, 0.25) is 0 Å². The summed E-state index contributed by atoms with van der Waals surface area (Å²) in [5.74, 6) is -2.06. The van der Waals surface area contributed by atoms with Crippen molar-refractivity contribution in [1.29, 1.82) is 0 Å². The van der Waals surface area contributed by atoms with E-state index < -0.39 is 58.9 Å². The zero-order valence-corrected chi connectivity index (χ0v) is 24.7. The Morgan fingerprint density at radius 3 is 2.26 bits per heavy atom. The lowest BCUT2D eigenvalue weighted by atomic mass is 10.0. The fourth-order valence-corrected chi connectivity index (χ4v) is 4.17. The summed E-state index contributed by atoms with van der Waals surface area (Å²) in [5, 5.41) is 19.3. The van der Waals surface area contributed by atoms with Crippen molar-refractivity contribution in [2.75, 3.05) is 10.6 Å².